The van der Waals surface area contributed by atoms with Gasteiger partial charge in [0.15, 0.2) is 0 Å². The quantitative estimate of drug-likeness (QED) is 0.490. The van der Waals surface area contributed by atoms with Crippen molar-refractivity contribution in [2.45, 2.75) is 97.4 Å². The maximum atomic E-state index is 10.3. The number of rotatable bonds is 5. The van der Waals surface area contributed by atoms with Gasteiger partial charge in [-0.25, -0.2) is 0 Å². The average Bonchev–Trinajstić information content (AvgIpc) is 3.04. The minimum Gasteiger partial charge on any atom is -0.393 e. The van der Waals surface area contributed by atoms with Crippen molar-refractivity contribution in [3.63, 3.8) is 0 Å². The molecule has 31 heavy (non-hydrogen) atoms. The normalized spacial score (nSPS) is 39.3. The lowest BCUT2D eigenvalue weighted by atomic mass is 9.61. The molecule has 3 aliphatic rings. The predicted octanol–water partition coefficient (Wildman–Crippen LogP) is 5.73. The summed E-state index contributed by atoms with van der Waals surface area (Å²) in [4.78, 5) is 0. The van der Waals surface area contributed by atoms with Crippen LogP contribution in [0.1, 0.15) is 79.6 Å². The lowest BCUT2D eigenvalue weighted by molar-refractivity contribution is 0.0436. The van der Waals surface area contributed by atoms with Crippen molar-refractivity contribution in [1.82, 2.24) is 0 Å². The van der Waals surface area contributed by atoms with Crippen LogP contribution in [0.3, 0.4) is 0 Å². The van der Waals surface area contributed by atoms with Crippen LogP contribution in [0.15, 0.2) is 47.6 Å². The molecular weight excluding hydrogens is 384 g/mol. The molecule has 174 valence electrons. The summed E-state index contributed by atoms with van der Waals surface area (Å²) in [6, 6.07) is 0. The van der Waals surface area contributed by atoms with Crippen LogP contribution in [-0.4, -0.2) is 33.1 Å². The van der Waals surface area contributed by atoms with Crippen LogP contribution in [0.25, 0.3) is 0 Å². The molecule has 7 atom stereocenters. The fraction of sp³-hybridized carbons (Fsp3) is 0.714. The third kappa shape index (κ3) is 5.26. The van der Waals surface area contributed by atoms with Gasteiger partial charge in [0, 0.05) is 12.3 Å². The highest BCUT2D eigenvalue weighted by Gasteiger charge is 2.50. The third-order valence-corrected chi connectivity index (χ3v) is 8.75. The highest BCUT2D eigenvalue weighted by atomic mass is 16.3. The maximum Gasteiger partial charge on any atom is 0.0811 e. The second-order valence-corrected chi connectivity index (χ2v) is 11.4. The summed E-state index contributed by atoms with van der Waals surface area (Å²) in [5.74, 6) is 1.91. The lowest BCUT2D eigenvalue weighted by Gasteiger charge is -2.44. The Balaban J connectivity index is 1.76. The SMILES string of the molecule is C=C1C(=CC=C2CCC[C@@]3(C)C2CC[C@@H]3[C@H](C)/C=C/[C@@H](C)C(C)(C)O)C[C@@H](O)C[C@@H]1O. The molecule has 0 bridgehead atoms. The summed E-state index contributed by atoms with van der Waals surface area (Å²) in [7, 11) is 0. The van der Waals surface area contributed by atoms with Crippen molar-refractivity contribution < 1.29 is 15.3 Å². The van der Waals surface area contributed by atoms with Gasteiger partial charge in [0.1, 0.15) is 0 Å². The van der Waals surface area contributed by atoms with Crippen LogP contribution in [-0.2, 0) is 0 Å². The van der Waals surface area contributed by atoms with E-state index in [1.54, 1.807) is 0 Å². The molecule has 3 rings (SSSR count). The Bertz CT molecular complexity index is 753. The van der Waals surface area contributed by atoms with Gasteiger partial charge < -0.3 is 15.3 Å². The van der Waals surface area contributed by atoms with Crippen LogP contribution in [0.2, 0.25) is 0 Å². The van der Waals surface area contributed by atoms with Crippen LogP contribution in [0.4, 0.5) is 0 Å². The zero-order valence-corrected chi connectivity index (χ0v) is 20.3. The first-order chi connectivity index (χ1) is 14.4. The standard InChI is InChI=1S/C28H44O3/c1-18(9-10-19(2)27(4,5)31)24-13-14-25-21(8-7-15-28(24,25)6)11-12-22-16-23(29)17-26(30)20(22)3/h9-12,18-19,23-26,29-31H,3,7-8,13-17H2,1-2,4-6H3/b10-9+,21-11?,22-12?/t18-,19-,23-,24-,25?,26+,28-/m1/s1. The largest absolute Gasteiger partial charge is 0.393 e. The molecule has 1 unspecified atom stereocenters. The lowest BCUT2D eigenvalue weighted by Crippen LogP contribution is -2.35. The molecule has 0 radical (unpaired) electrons. The molecule has 3 aliphatic carbocycles. The van der Waals surface area contributed by atoms with E-state index in [0.717, 1.165) is 17.6 Å². The van der Waals surface area contributed by atoms with Crippen LogP contribution in [0.5, 0.6) is 0 Å². The molecule has 0 amide bonds. The summed E-state index contributed by atoms with van der Waals surface area (Å²) < 4.78 is 0. The molecule has 0 saturated heterocycles. The number of allylic oxidation sites excluding steroid dienone is 4. The highest BCUT2D eigenvalue weighted by Crippen LogP contribution is 2.59. The van der Waals surface area contributed by atoms with Gasteiger partial charge in [0.25, 0.3) is 0 Å². The van der Waals surface area contributed by atoms with Crippen LogP contribution in [0, 0.1) is 29.1 Å². The summed E-state index contributed by atoms with van der Waals surface area (Å²) in [5.41, 5.74) is 2.93. The highest BCUT2D eigenvalue weighted by molar-refractivity contribution is 5.38. The van der Waals surface area contributed by atoms with Crippen molar-refractivity contribution in [3.8, 4) is 0 Å². The fourth-order valence-electron chi connectivity index (χ4n) is 6.32. The Labute approximate surface area is 189 Å². The Hall–Kier alpha value is -1.16. The Morgan fingerprint density at radius 2 is 1.84 bits per heavy atom. The molecule has 3 fully saturated rings. The van der Waals surface area contributed by atoms with Gasteiger partial charge in [-0.3, -0.25) is 0 Å². The van der Waals surface area contributed by atoms with E-state index in [9.17, 15) is 15.3 Å². The Morgan fingerprint density at radius 3 is 2.52 bits per heavy atom. The molecular formula is C28H44O3. The fourth-order valence-corrected chi connectivity index (χ4v) is 6.32. The van der Waals surface area contributed by atoms with Gasteiger partial charge in [-0.1, -0.05) is 57.2 Å². The van der Waals surface area contributed by atoms with Crippen molar-refractivity contribution in [2.75, 3.05) is 0 Å². The molecule has 3 heteroatoms. The average molecular weight is 429 g/mol. The summed E-state index contributed by atoms with van der Waals surface area (Å²) in [6.07, 6.45) is 15.0. The van der Waals surface area contributed by atoms with Gasteiger partial charge in [-0.2, -0.15) is 0 Å². The van der Waals surface area contributed by atoms with Crippen LogP contribution >= 0.6 is 0 Å². The van der Waals surface area contributed by atoms with Crippen molar-refractivity contribution in [3.05, 3.63) is 47.6 Å². The van der Waals surface area contributed by atoms with Gasteiger partial charge >= 0.3 is 0 Å². The maximum absolute atomic E-state index is 10.3. The Kier molecular flexibility index (Phi) is 7.40. The second-order valence-electron chi connectivity index (χ2n) is 11.4. The summed E-state index contributed by atoms with van der Waals surface area (Å²) in [5, 5.41) is 30.4. The smallest absolute Gasteiger partial charge is 0.0811 e. The monoisotopic (exact) mass is 428 g/mol. The van der Waals surface area contributed by atoms with Crippen molar-refractivity contribution in [1.29, 1.82) is 0 Å². The topological polar surface area (TPSA) is 60.7 Å². The summed E-state index contributed by atoms with van der Waals surface area (Å²) in [6.45, 7) is 14.7. The van der Waals surface area contributed by atoms with E-state index in [4.69, 9.17) is 0 Å². The number of fused-ring (bicyclic) bond motifs is 1. The second kappa shape index (κ2) is 9.37. The molecule has 0 aromatic carbocycles. The van der Waals surface area contributed by atoms with E-state index in [1.807, 2.05) is 13.8 Å². The molecule has 0 heterocycles. The number of hydrogen-bond acceptors (Lipinski definition) is 3. The van der Waals surface area contributed by atoms with Gasteiger partial charge in [-0.15, -0.1) is 0 Å². The van der Waals surface area contributed by atoms with E-state index in [-0.39, 0.29) is 5.92 Å². The van der Waals surface area contributed by atoms with E-state index >= 15 is 0 Å². The molecule has 0 spiro atoms. The molecule has 3 nitrogen and oxygen atoms in total. The van der Waals surface area contributed by atoms with Gasteiger partial charge in [0.05, 0.1) is 17.8 Å². The van der Waals surface area contributed by atoms with Gasteiger partial charge in [0.2, 0.25) is 0 Å². The number of hydrogen-bond donors (Lipinski definition) is 3. The predicted molar refractivity (Wildman–Crippen MR) is 128 cm³/mol. The first-order valence-corrected chi connectivity index (χ1v) is 12.3. The van der Waals surface area contributed by atoms with E-state index in [0.29, 0.717) is 36.0 Å². The first-order valence-electron chi connectivity index (χ1n) is 12.3. The minimum atomic E-state index is -0.684. The third-order valence-electron chi connectivity index (χ3n) is 8.75. The zero-order chi connectivity index (χ0) is 23.0. The molecule has 0 aliphatic heterocycles. The Morgan fingerprint density at radius 1 is 1.13 bits per heavy atom. The number of aliphatic hydroxyl groups excluding tert-OH is 2. The van der Waals surface area contributed by atoms with Crippen LogP contribution < -0.4 is 0 Å². The molecule has 0 aromatic heterocycles. The van der Waals surface area contributed by atoms with E-state index < -0.39 is 17.8 Å². The van der Waals surface area contributed by atoms with E-state index in [2.05, 4.69) is 51.7 Å². The molecule has 0 aromatic rings. The van der Waals surface area contributed by atoms with E-state index in [1.165, 1.54) is 31.3 Å². The zero-order valence-electron chi connectivity index (χ0n) is 20.3. The first kappa shape index (κ1) is 24.5. The van der Waals surface area contributed by atoms with Crippen molar-refractivity contribution in [2.24, 2.45) is 29.1 Å². The van der Waals surface area contributed by atoms with Gasteiger partial charge in [-0.05, 0) is 86.7 Å². The molecule has 3 saturated carbocycles. The minimum absolute atomic E-state index is 0.141. The summed E-state index contributed by atoms with van der Waals surface area (Å²) >= 11 is 0. The molecule has 3 N–H and O–H groups in total. The number of aliphatic hydroxyl groups is 3. The van der Waals surface area contributed by atoms with Crippen molar-refractivity contribution >= 4 is 0 Å².